The monoisotopic (exact) mass is 283 g/mol. The number of aromatic carboxylic acids is 1. The van der Waals surface area contributed by atoms with E-state index in [9.17, 15) is 9.18 Å². The number of aromatic nitrogens is 1. The molecule has 0 amide bonds. The van der Waals surface area contributed by atoms with Crippen LogP contribution in [-0.4, -0.2) is 16.1 Å². The molecule has 0 aliphatic heterocycles. The molecule has 5 heteroatoms. The van der Waals surface area contributed by atoms with Crippen molar-refractivity contribution in [3.63, 3.8) is 0 Å². The lowest BCUT2D eigenvalue weighted by Crippen LogP contribution is -2.01. The Balaban J connectivity index is 2.13. The molecule has 1 N–H and O–H groups in total. The lowest BCUT2D eigenvalue weighted by Gasteiger charge is -2.09. The number of rotatable bonds is 3. The second-order valence-corrected chi connectivity index (χ2v) is 4.39. The maximum Gasteiger partial charge on any atom is 0.354 e. The Kier molecular flexibility index (Phi) is 3.23. The summed E-state index contributed by atoms with van der Waals surface area (Å²) in [4.78, 5) is 15.2. The molecule has 21 heavy (non-hydrogen) atoms. The average Bonchev–Trinajstić information content (AvgIpc) is 2.47. The first kappa shape index (κ1) is 13.1. The van der Waals surface area contributed by atoms with Crippen molar-refractivity contribution >= 4 is 16.9 Å². The Labute approximate surface area is 119 Å². The summed E-state index contributed by atoms with van der Waals surface area (Å²) in [5, 5.41) is 9.76. The van der Waals surface area contributed by atoms with Crippen LogP contribution in [0, 0.1) is 5.82 Å². The van der Waals surface area contributed by atoms with Crippen LogP contribution in [0.15, 0.2) is 54.6 Å². The van der Waals surface area contributed by atoms with Crippen LogP contribution >= 0.6 is 0 Å². The number of para-hydroxylation sites is 1. The maximum atomic E-state index is 13.2. The number of hydrogen-bond donors (Lipinski definition) is 1. The fourth-order valence-corrected chi connectivity index (χ4v) is 1.99. The van der Waals surface area contributed by atoms with Crippen LogP contribution in [0.3, 0.4) is 0 Å². The van der Waals surface area contributed by atoms with Crippen LogP contribution in [0.5, 0.6) is 11.5 Å². The molecule has 1 heterocycles. The molecule has 0 unspecified atom stereocenters. The molecular formula is C16H10FNO3. The first-order chi connectivity index (χ1) is 10.1. The zero-order valence-corrected chi connectivity index (χ0v) is 10.8. The van der Waals surface area contributed by atoms with Gasteiger partial charge in [0, 0.05) is 17.5 Å². The van der Waals surface area contributed by atoms with Crippen molar-refractivity contribution in [2.24, 2.45) is 0 Å². The molecule has 0 aliphatic rings. The largest absolute Gasteiger partial charge is 0.477 e. The molecule has 104 valence electrons. The van der Waals surface area contributed by atoms with E-state index >= 15 is 0 Å². The van der Waals surface area contributed by atoms with Crippen LogP contribution in [0.25, 0.3) is 10.9 Å². The minimum atomic E-state index is -1.15. The van der Waals surface area contributed by atoms with Crippen molar-refractivity contribution in [1.29, 1.82) is 0 Å². The number of ether oxygens (including phenoxy) is 1. The number of carboxylic acids is 1. The summed E-state index contributed by atoms with van der Waals surface area (Å²) in [7, 11) is 0. The third kappa shape index (κ3) is 2.67. The van der Waals surface area contributed by atoms with E-state index in [4.69, 9.17) is 9.84 Å². The number of fused-ring (bicyclic) bond motifs is 1. The fourth-order valence-electron chi connectivity index (χ4n) is 1.99. The number of benzene rings is 2. The molecule has 3 rings (SSSR count). The summed E-state index contributed by atoms with van der Waals surface area (Å²) in [6, 6.07) is 14.0. The standard InChI is InChI=1S/C16H10FNO3/c17-10-4-3-5-11(8-10)21-15-9-14(16(19)20)18-13-7-2-1-6-12(13)15/h1-9H,(H,19,20). The lowest BCUT2D eigenvalue weighted by atomic mass is 10.2. The lowest BCUT2D eigenvalue weighted by molar-refractivity contribution is 0.0690. The van der Waals surface area contributed by atoms with Crippen molar-refractivity contribution < 1.29 is 19.0 Å². The number of nitrogens with zero attached hydrogens (tertiary/aromatic N) is 1. The number of carbonyl (C=O) groups is 1. The summed E-state index contributed by atoms with van der Waals surface area (Å²) >= 11 is 0. The van der Waals surface area contributed by atoms with E-state index in [1.807, 2.05) is 0 Å². The molecule has 0 spiro atoms. The highest BCUT2D eigenvalue weighted by molar-refractivity contribution is 5.93. The van der Waals surface area contributed by atoms with Gasteiger partial charge in [0.05, 0.1) is 5.52 Å². The predicted octanol–water partition coefficient (Wildman–Crippen LogP) is 3.86. The summed E-state index contributed by atoms with van der Waals surface area (Å²) in [6.45, 7) is 0. The van der Waals surface area contributed by atoms with Crippen LogP contribution in [0.1, 0.15) is 10.5 Å². The first-order valence-corrected chi connectivity index (χ1v) is 6.20. The van der Waals surface area contributed by atoms with Gasteiger partial charge in [-0.2, -0.15) is 0 Å². The highest BCUT2D eigenvalue weighted by Gasteiger charge is 2.12. The molecule has 0 saturated carbocycles. The van der Waals surface area contributed by atoms with Gasteiger partial charge < -0.3 is 9.84 Å². The zero-order chi connectivity index (χ0) is 14.8. The van der Waals surface area contributed by atoms with Crippen LogP contribution in [-0.2, 0) is 0 Å². The second kappa shape index (κ2) is 5.20. The molecule has 4 nitrogen and oxygen atoms in total. The summed E-state index contributed by atoms with van der Waals surface area (Å²) in [6.07, 6.45) is 0. The van der Waals surface area contributed by atoms with Gasteiger partial charge >= 0.3 is 5.97 Å². The Morgan fingerprint density at radius 3 is 2.67 bits per heavy atom. The predicted molar refractivity (Wildman–Crippen MR) is 75.2 cm³/mol. The Morgan fingerprint density at radius 1 is 1.10 bits per heavy atom. The van der Waals surface area contributed by atoms with Crippen molar-refractivity contribution in [3.8, 4) is 11.5 Å². The van der Waals surface area contributed by atoms with Gasteiger partial charge in [-0.1, -0.05) is 18.2 Å². The van der Waals surface area contributed by atoms with E-state index < -0.39 is 11.8 Å². The number of hydrogen-bond acceptors (Lipinski definition) is 3. The van der Waals surface area contributed by atoms with Gasteiger partial charge in [-0.25, -0.2) is 14.2 Å². The van der Waals surface area contributed by atoms with Gasteiger partial charge in [-0.05, 0) is 24.3 Å². The normalized spacial score (nSPS) is 10.5. The molecule has 0 saturated heterocycles. The SMILES string of the molecule is O=C(O)c1cc(Oc2cccc(F)c2)c2ccccc2n1. The average molecular weight is 283 g/mol. The van der Waals surface area contributed by atoms with Gasteiger partial charge in [-0.3, -0.25) is 0 Å². The maximum absolute atomic E-state index is 13.2. The topological polar surface area (TPSA) is 59.4 Å². The molecule has 0 fully saturated rings. The van der Waals surface area contributed by atoms with Crippen molar-refractivity contribution in [2.45, 2.75) is 0 Å². The van der Waals surface area contributed by atoms with Gasteiger partial charge in [0.1, 0.15) is 17.3 Å². The molecule has 0 radical (unpaired) electrons. The molecule has 0 aliphatic carbocycles. The highest BCUT2D eigenvalue weighted by atomic mass is 19.1. The number of halogens is 1. The van der Waals surface area contributed by atoms with Gasteiger partial charge in [0.25, 0.3) is 0 Å². The number of pyridine rings is 1. The van der Waals surface area contributed by atoms with Crippen molar-refractivity contribution in [1.82, 2.24) is 4.98 Å². The van der Waals surface area contributed by atoms with E-state index in [0.29, 0.717) is 22.4 Å². The highest BCUT2D eigenvalue weighted by Crippen LogP contribution is 2.30. The zero-order valence-electron chi connectivity index (χ0n) is 10.8. The summed E-state index contributed by atoms with van der Waals surface area (Å²) in [5.74, 6) is -0.958. The van der Waals surface area contributed by atoms with Crippen LogP contribution in [0.2, 0.25) is 0 Å². The van der Waals surface area contributed by atoms with Gasteiger partial charge in [0.15, 0.2) is 5.69 Å². The molecular weight excluding hydrogens is 273 g/mol. The Hall–Kier alpha value is -2.95. The van der Waals surface area contributed by atoms with E-state index in [1.54, 1.807) is 30.3 Å². The minimum Gasteiger partial charge on any atom is -0.477 e. The van der Waals surface area contributed by atoms with E-state index in [-0.39, 0.29) is 5.69 Å². The van der Waals surface area contributed by atoms with Crippen LogP contribution in [0.4, 0.5) is 4.39 Å². The van der Waals surface area contributed by atoms with E-state index in [1.165, 1.54) is 24.3 Å². The molecule has 1 aromatic heterocycles. The number of carboxylic acid groups (broad SMARTS) is 1. The summed E-state index contributed by atoms with van der Waals surface area (Å²) < 4.78 is 18.8. The second-order valence-electron chi connectivity index (χ2n) is 4.39. The van der Waals surface area contributed by atoms with E-state index in [0.717, 1.165) is 0 Å². The third-order valence-corrected chi connectivity index (χ3v) is 2.92. The molecule has 2 aromatic carbocycles. The molecule has 3 aromatic rings. The minimum absolute atomic E-state index is 0.125. The Bertz CT molecular complexity index is 833. The quantitative estimate of drug-likeness (QED) is 0.792. The molecule has 0 bridgehead atoms. The third-order valence-electron chi connectivity index (χ3n) is 2.92. The Morgan fingerprint density at radius 2 is 1.90 bits per heavy atom. The smallest absolute Gasteiger partial charge is 0.354 e. The molecule has 0 atom stereocenters. The van der Waals surface area contributed by atoms with Gasteiger partial charge in [0.2, 0.25) is 0 Å². The van der Waals surface area contributed by atoms with E-state index in [2.05, 4.69) is 4.98 Å². The fraction of sp³-hybridized carbons (Fsp3) is 0. The summed E-state index contributed by atoms with van der Waals surface area (Å²) in [5.41, 5.74) is 0.379. The van der Waals surface area contributed by atoms with Crippen molar-refractivity contribution in [2.75, 3.05) is 0 Å². The van der Waals surface area contributed by atoms with Crippen LogP contribution < -0.4 is 4.74 Å². The van der Waals surface area contributed by atoms with Crippen molar-refractivity contribution in [3.05, 3.63) is 66.1 Å². The van der Waals surface area contributed by atoms with Gasteiger partial charge in [-0.15, -0.1) is 0 Å². The first-order valence-electron chi connectivity index (χ1n) is 6.20.